The molecule has 4 heteroatoms. The molecule has 17 heavy (non-hydrogen) atoms. The third kappa shape index (κ3) is 2.02. The summed E-state index contributed by atoms with van der Waals surface area (Å²) < 4.78 is 26.5. The smallest absolute Gasteiger partial charge is 0.128 e. The Morgan fingerprint density at radius 2 is 1.88 bits per heavy atom. The zero-order chi connectivity index (χ0) is 11.8. The Morgan fingerprint density at radius 1 is 1.12 bits per heavy atom. The molecule has 1 saturated heterocycles. The Morgan fingerprint density at radius 3 is 2.65 bits per heavy atom. The Kier molecular flexibility index (Phi) is 2.74. The number of rotatable bonds is 1. The molecule has 0 bridgehead atoms. The van der Waals surface area contributed by atoms with Crippen molar-refractivity contribution >= 4 is 5.69 Å². The summed E-state index contributed by atoms with van der Waals surface area (Å²) >= 11 is 0. The first-order valence-electron chi connectivity index (χ1n) is 6.20. The van der Waals surface area contributed by atoms with Crippen LogP contribution in [0.3, 0.4) is 0 Å². The molecule has 1 aromatic carbocycles. The van der Waals surface area contributed by atoms with Crippen molar-refractivity contribution in [2.45, 2.75) is 31.3 Å². The molecule has 1 heterocycles. The minimum absolute atomic E-state index is 0.393. The summed E-state index contributed by atoms with van der Waals surface area (Å²) in [5, 5.41) is 3.48. The van der Waals surface area contributed by atoms with Crippen molar-refractivity contribution in [3.05, 3.63) is 29.8 Å². The van der Waals surface area contributed by atoms with Gasteiger partial charge in [0.1, 0.15) is 11.6 Å². The number of hydrogen-bond donors (Lipinski definition) is 1. The quantitative estimate of drug-likeness (QED) is 0.807. The molecule has 3 rings (SSSR count). The second-order valence-electron chi connectivity index (χ2n) is 4.88. The zero-order valence-electron chi connectivity index (χ0n) is 9.63. The van der Waals surface area contributed by atoms with E-state index in [1.165, 1.54) is 25.0 Å². The number of hydrogen-bond acceptors (Lipinski definition) is 2. The van der Waals surface area contributed by atoms with Gasteiger partial charge in [0.25, 0.3) is 0 Å². The average molecular weight is 238 g/mol. The summed E-state index contributed by atoms with van der Waals surface area (Å²) in [6.45, 7) is 1.71. The second kappa shape index (κ2) is 4.26. The number of nitrogens with one attached hydrogen (secondary N) is 1. The van der Waals surface area contributed by atoms with Crippen molar-refractivity contribution in [1.82, 2.24) is 5.32 Å². The van der Waals surface area contributed by atoms with Crippen LogP contribution in [0, 0.1) is 11.6 Å². The van der Waals surface area contributed by atoms with Crippen molar-refractivity contribution in [1.29, 1.82) is 0 Å². The molecule has 2 nitrogen and oxygen atoms in total. The van der Waals surface area contributed by atoms with E-state index < -0.39 is 11.6 Å². The van der Waals surface area contributed by atoms with Crippen molar-refractivity contribution < 1.29 is 8.78 Å². The summed E-state index contributed by atoms with van der Waals surface area (Å²) in [4.78, 5) is 2.15. The first-order chi connectivity index (χ1) is 8.24. The normalized spacial score (nSPS) is 28.2. The van der Waals surface area contributed by atoms with Gasteiger partial charge in [-0.2, -0.15) is 0 Å². The molecule has 1 aliphatic carbocycles. The summed E-state index contributed by atoms with van der Waals surface area (Å²) in [5.74, 6) is -0.985. The standard InChI is InChI=1S/C13H16F2N2/c14-9-6-10(15)8-11(7-9)17-5-4-16-12-2-1-3-13(12)17/h6-8,12-13,16H,1-5H2. The van der Waals surface area contributed by atoms with Gasteiger partial charge in [0.05, 0.1) is 0 Å². The van der Waals surface area contributed by atoms with Gasteiger partial charge >= 0.3 is 0 Å². The van der Waals surface area contributed by atoms with Crippen molar-refractivity contribution in [3.8, 4) is 0 Å². The fraction of sp³-hybridized carbons (Fsp3) is 0.538. The van der Waals surface area contributed by atoms with Crippen LogP contribution in [0.15, 0.2) is 18.2 Å². The van der Waals surface area contributed by atoms with Crippen LogP contribution >= 0.6 is 0 Å². The Hall–Kier alpha value is -1.16. The van der Waals surface area contributed by atoms with Crippen LogP contribution in [0.25, 0.3) is 0 Å². The van der Waals surface area contributed by atoms with Gasteiger partial charge in [-0.25, -0.2) is 8.78 Å². The minimum Gasteiger partial charge on any atom is -0.366 e. The third-order valence-corrected chi connectivity index (χ3v) is 3.82. The molecule has 2 aliphatic rings. The highest BCUT2D eigenvalue weighted by Crippen LogP contribution is 2.31. The summed E-state index contributed by atoms with van der Waals surface area (Å²) in [6.07, 6.45) is 3.46. The van der Waals surface area contributed by atoms with Gasteiger partial charge in [0.2, 0.25) is 0 Å². The number of fused-ring (bicyclic) bond motifs is 1. The Labute approximate surface area is 99.6 Å². The SMILES string of the molecule is Fc1cc(F)cc(N2CCNC3CCCC32)c1. The molecular formula is C13H16F2N2. The van der Waals surface area contributed by atoms with Crippen molar-refractivity contribution in [2.75, 3.05) is 18.0 Å². The van der Waals surface area contributed by atoms with E-state index in [9.17, 15) is 8.78 Å². The molecule has 0 aromatic heterocycles. The molecule has 1 saturated carbocycles. The molecule has 2 atom stereocenters. The minimum atomic E-state index is -0.493. The lowest BCUT2D eigenvalue weighted by Crippen LogP contribution is -2.55. The van der Waals surface area contributed by atoms with E-state index in [2.05, 4.69) is 10.2 Å². The maximum atomic E-state index is 13.2. The van der Waals surface area contributed by atoms with Crippen LogP contribution in [0.5, 0.6) is 0 Å². The molecule has 92 valence electrons. The van der Waals surface area contributed by atoms with Gasteiger partial charge in [0, 0.05) is 36.9 Å². The highest BCUT2D eigenvalue weighted by molar-refractivity contribution is 5.49. The summed E-state index contributed by atoms with van der Waals surface area (Å²) in [5.41, 5.74) is 0.681. The number of nitrogens with zero attached hydrogens (tertiary/aromatic N) is 1. The number of halogens is 2. The molecule has 0 spiro atoms. The van der Waals surface area contributed by atoms with E-state index in [0.717, 1.165) is 25.6 Å². The lowest BCUT2D eigenvalue weighted by molar-refractivity contribution is 0.403. The number of piperazine rings is 1. The van der Waals surface area contributed by atoms with Crippen LogP contribution in [-0.4, -0.2) is 25.2 Å². The van der Waals surface area contributed by atoms with Crippen LogP contribution in [0.2, 0.25) is 0 Å². The van der Waals surface area contributed by atoms with E-state index >= 15 is 0 Å². The molecule has 1 aliphatic heterocycles. The highest BCUT2D eigenvalue weighted by atomic mass is 19.1. The van der Waals surface area contributed by atoms with Crippen LogP contribution in [0.4, 0.5) is 14.5 Å². The molecular weight excluding hydrogens is 222 g/mol. The van der Waals surface area contributed by atoms with E-state index in [0.29, 0.717) is 17.8 Å². The van der Waals surface area contributed by atoms with Gasteiger partial charge in [-0.15, -0.1) is 0 Å². The highest BCUT2D eigenvalue weighted by Gasteiger charge is 2.35. The van der Waals surface area contributed by atoms with Crippen molar-refractivity contribution in [2.24, 2.45) is 0 Å². The molecule has 1 N–H and O–H groups in total. The molecule has 2 fully saturated rings. The predicted molar refractivity (Wildman–Crippen MR) is 63.1 cm³/mol. The lowest BCUT2D eigenvalue weighted by Gasteiger charge is -2.40. The number of benzene rings is 1. The van der Waals surface area contributed by atoms with Gasteiger partial charge in [-0.1, -0.05) is 0 Å². The zero-order valence-corrected chi connectivity index (χ0v) is 9.63. The van der Waals surface area contributed by atoms with Gasteiger partial charge in [-0.3, -0.25) is 0 Å². The lowest BCUT2D eigenvalue weighted by atomic mass is 10.1. The van der Waals surface area contributed by atoms with Crippen LogP contribution in [0.1, 0.15) is 19.3 Å². The fourth-order valence-electron chi connectivity index (χ4n) is 3.11. The van der Waals surface area contributed by atoms with Crippen LogP contribution in [-0.2, 0) is 0 Å². The monoisotopic (exact) mass is 238 g/mol. The third-order valence-electron chi connectivity index (χ3n) is 3.82. The van der Waals surface area contributed by atoms with E-state index in [1.807, 2.05) is 0 Å². The first kappa shape index (κ1) is 11.0. The molecule has 0 radical (unpaired) electrons. The molecule has 2 unspecified atom stereocenters. The summed E-state index contributed by atoms with van der Waals surface area (Å²) in [7, 11) is 0. The average Bonchev–Trinajstić information content (AvgIpc) is 2.75. The maximum Gasteiger partial charge on any atom is 0.128 e. The van der Waals surface area contributed by atoms with E-state index in [4.69, 9.17) is 0 Å². The number of anilines is 1. The van der Waals surface area contributed by atoms with Gasteiger partial charge < -0.3 is 10.2 Å². The van der Waals surface area contributed by atoms with E-state index in [-0.39, 0.29) is 0 Å². The van der Waals surface area contributed by atoms with Crippen LogP contribution < -0.4 is 10.2 Å². The second-order valence-corrected chi connectivity index (χ2v) is 4.88. The Bertz CT molecular complexity index is 402. The fourth-order valence-corrected chi connectivity index (χ4v) is 3.11. The maximum absolute atomic E-state index is 13.2. The first-order valence-corrected chi connectivity index (χ1v) is 6.20. The topological polar surface area (TPSA) is 15.3 Å². The molecule has 1 aromatic rings. The van der Waals surface area contributed by atoms with Gasteiger partial charge in [-0.05, 0) is 31.4 Å². The van der Waals surface area contributed by atoms with E-state index in [1.54, 1.807) is 0 Å². The Balaban J connectivity index is 1.91. The predicted octanol–water partition coefficient (Wildman–Crippen LogP) is 2.30. The molecule has 0 amide bonds. The summed E-state index contributed by atoms with van der Waals surface area (Å²) in [6, 6.07) is 4.67. The largest absolute Gasteiger partial charge is 0.366 e. The van der Waals surface area contributed by atoms with Crippen molar-refractivity contribution in [3.63, 3.8) is 0 Å². The van der Waals surface area contributed by atoms with Gasteiger partial charge in [0.15, 0.2) is 0 Å².